The zero-order chi connectivity index (χ0) is 25.8. The molecule has 0 aliphatic rings. The molecule has 0 radical (unpaired) electrons. The van der Waals surface area contributed by atoms with Crippen LogP contribution in [0.1, 0.15) is 33.0 Å². The first-order valence-electron chi connectivity index (χ1n) is 11.4. The average Bonchev–Trinajstić information content (AvgIpc) is 3.33. The van der Waals surface area contributed by atoms with Crippen molar-refractivity contribution in [1.29, 1.82) is 5.26 Å². The van der Waals surface area contributed by atoms with Gasteiger partial charge in [0.1, 0.15) is 23.7 Å². The third-order valence-electron chi connectivity index (χ3n) is 5.86. The van der Waals surface area contributed by atoms with Crippen molar-refractivity contribution >= 4 is 16.8 Å². The van der Waals surface area contributed by atoms with E-state index in [2.05, 4.69) is 21.3 Å². The molecule has 7 nitrogen and oxygen atoms in total. The molecular formula is C28H20F2N6O. The molecule has 0 saturated carbocycles. The lowest BCUT2D eigenvalue weighted by atomic mass is 10.1. The molecule has 1 amide bonds. The molecule has 0 atom stereocenters. The molecule has 0 saturated heterocycles. The highest BCUT2D eigenvalue weighted by Crippen LogP contribution is 2.18. The Kier molecular flexibility index (Phi) is 6.64. The molecule has 0 N–H and O–H groups in total. The lowest BCUT2D eigenvalue weighted by Crippen LogP contribution is -2.32. The van der Waals surface area contributed by atoms with Gasteiger partial charge in [0.05, 0.1) is 30.2 Å². The fourth-order valence-corrected chi connectivity index (χ4v) is 4.05. The molecule has 0 fully saturated rings. The number of nitrogens with zero attached hydrogens (tertiary/aromatic N) is 6. The van der Waals surface area contributed by atoms with Gasteiger partial charge in [-0.1, -0.05) is 36.4 Å². The van der Waals surface area contributed by atoms with Gasteiger partial charge < -0.3 is 9.47 Å². The first-order chi connectivity index (χ1) is 18.0. The topological polar surface area (TPSA) is 87.7 Å². The van der Waals surface area contributed by atoms with Gasteiger partial charge in [0, 0.05) is 18.0 Å². The quantitative estimate of drug-likeness (QED) is 0.322. The van der Waals surface area contributed by atoms with Crippen molar-refractivity contribution in [2.45, 2.75) is 19.6 Å². The third kappa shape index (κ3) is 5.49. The van der Waals surface area contributed by atoms with E-state index in [1.165, 1.54) is 17.0 Å². The van der Waals surface area contributed by atoms with Crippen LogP contribution in [0.2, 0.25) is 0 Å². The van der Waals surface area contributed by atoms with E-state index in [-0.39, 0.29) is 18.8 Å². The van der Waals surface area contributed by atoms with Crippen molar-refractivity contribution in [2.24, 2.45) is 0 Å². The van der Waals surface area contributed by atoms with E-state index in [1.54, 1.807) is 29.1 Å². The number of nitriles is 1. The Morgan fingerprint density at radius 2 is 1.68 bits per heavy atom. The molecule has 2 aromatic heterocycles. The molecular weight excluding hydrogens is 474 g/mol. The van der Waals surface area contributed by atoms with Gasteiger partial charge in [-0.2, -0.15) is 5.26 Å². The largest absolute Gasteiger partial charge is 0.325 e. The molecule has 3 aromatic carbocycles. The minimum atomic E-state index is -0.727. The number of fused-ring (bicyclic) bond motifs is 1. The maximum Gasteiger partial charge on any atom is 0.273 e. The lowest BCUT2D eigenvalue weighted by Gasteiger charge is -2.23. The van der Waals surface area contributed by atoms with Crippen molar-refractivity contribution in [1.82, 2.24) is 24.6 Å². The smallest absolute Gasteiger partial charge is 0.273 e. The van der Waals surface area contributed by atoms with E-state index in [0.717, 1.165) is 17.0 Å². The molecule has 37 heavy (non-hydrogen) atoms. The first-order valence-corrected chi connectivity index (χ1v) is 11.4. The van der Waals surface area contributed by atoms with Crippen LogP contribution in [0.4, 0.5) is 8.78 Å². The van der Waals surface area contributed by atoms with Crippen LogP contribution in [0.5, 0.6) is 0 Å². The van der Waals surface area contributed by atoms with Crippen molar-refractivity contribution in [3.05, 3.63) is 125 Å². The third-order valence-corrected chi connectivity index (χ3v) is 5.86. The second-order valence-corrected chi connectivity index (χ2v) is 8.51. The van der Waals surface area contributed by atoms with Crippen LogP contribution in [-0.2, 0) is 19.6 Å². The first kappa shape index (κ1) is 23.8. The zero-order valence-corrected chi connectivity index (χ0v) is 19.6. The fraction of sp³-hybridized carbons (Fsp3) is 0.107. The second kappa shape index (κ2) is 10.3. The van der Waals surface area contributed by atoms with E-state index in [9.17, 15) is 13.6 Å². The van der Waals surface area contributed by atoms with Gasteiger partial charge in [-0.25, -0.2) is 13.8 Å². The molecule has 5 rings (SSSR count). The predicted octanol–water partition coefficient (Wildman–Crippen LogP) is 4.87. The standard InChI is InChI=1S/C28H20F2N6O/c29-23-11-21(12-24(30)13-23)16-35(28(37)26-10-9-22-3-1-2-4-25(22)33-26)17-27-34-32-18-36(27)15-20-7-5-19(14-31)6-8-20/h1-13,18H,15-17H2. The summed E-state index contributed by atoms with van der Waals surface area (Å²) < 4.78 is 29.6. The lowest BCUT2D eigenvalue weighted by molar-refractivity contribution is 0.0717. The number of carbonyl (C=O) groups excluding carboxylic acids is 1. The van der Waals surface area contributed by atoms with Gasteiger partial charge in [-0.3, -0.25) is 4.79 Å². The zero-order valence-electron chi connectivity index (χ0n) is 19.6. The Bertz CT molecular complexity index is 1600. The summed E-state index contributed by atoms with van der Waals surface area (Å²) in [5, 5.41) is 18.1. The predicted molar refractivity (Wildman–Crippen MR) is 132 cm³/mol. The number of rotatable bonds is 7. The molecule has 0 bridgehead atoms. The van der Waals surface area contributed by atoms with Gasteiger partial charge in [-0.05, 0) is 47.5 Å². The average molecular weight is 495 g/mol. The number of pyridine rings is 1. The summed E-state index contributed by atoms with van der Waals surface area (Å²) in [7, 11) is 0. The van der Waals surface area contributed by atoms with Gasteiger partial charge in [-0.15, -0.1) is 10.2 Å². The number of halogens is 2. The molecule has 0 spiro atoms. The van der Waals surface area contributed by atoms with Gasteiger partial charge >= 0.3 is 0 Å². The highest BCUT2D eigenvalue weighted by atomic mass is 19.1. The maximum atomic E-state index is 13.9. The van der Waals surface area contributed by atoms with E-state index in [1.807, 2.05) is 42.5 Å². The van der Waals surface area contributed by atoms with Crippen LogP contribution in [0, 0.1) is 23.0 Å². The fourth-order valence-electron chi connectivity index (χ4n) is 4.05. The molecule has 2 heterocycles. The summed E-state index contributed by atoms with van der Waals surface area (Å²) in [5.41, 5.74) is 2.63. The van der Waals surface area contributed by atoms with Crippen LogP contribution in [-0.4, -0.2) is 30.6 Å². The minimum absolute atomic E-state index is 0.0295. The summed E-state index contributed by atoms with van der Waals surface area (Å²) >= 11 is 0. The Morgan fingerprint density at radius 1 is 0.919 bits per heavy atom. The normalized spacial score (nSPS) is 10.8. The Morgan fingerprint density at radius 3 is 2.43 bits per heavy atom. The summed E-state index contributed by atoms with van der Waals surface area (Å²) in [6.07, 6.45) is 1.55. The van der Waals surface area contributed by atoms with E-state index >= 15 is 0 Å². The van der Waals surface area contributed by atoms with Gasteiger partial charge in [0.2, 0.25) is 0 Å². The van der Waals surface area contributed by atoms with E-state index < -0.39 is 17.5 Å². The van der Waals surface area contributed by atoms with Crippen LogP contribution < -0.4 is 0 Å². The van der Waals surface area contributed by atoms with E-state index in [4.69, 9.17) is 5.26 Å². The van der Waals surface area contributed by atoms with Crippen molar-refractivity contribution in [3.8, 4) is 6.07 Å². The number of hydrogen-bond acceptors (Lipinski definition) is 5. The highest BCUT2D eigenvalue weighted by Gasteiger charge is 2.21. The summed E-state index contributed by atoms with van der Waals surface area (Å²) in [4.78, 5) is 19.6. The molecule has 0 aliphatic carbocycles. The van der Waals surface area contributed by atoms with Gasteiger partial charge in [0.25, 0.3) is 5.91 Å². The van der Waals surface area contributed by atoms with Crippen LogP contribution in [0.25, 0.3) is 10.9 Å². The highest BCUT2D eigenvalue weighted by molar-refractivity contribution is 5.94. The Balaban J connectivity index is 1.46. The number of amides is 1. The van der Waals surface area contributed by atoms with Crippen molar-refractivity contribution in [3.63, 3.8) is 0 Å². The van der Waals surface area contributed by atoms with Gasteiger partial charge in [0.15, 0.2) is 5.82 Å². The monoisotopic (exact) mass is 494 g/mol. The SMILES string of the molecule is N#Cc1ccc(Cn2cnnc2CN(Cc2cc(F)cc(F)c2)C(=O)c2ccc3ccccc3n2)cc1. The van der Waals surface area contributed by atoms with Crippen LogP contribution in [0.15, 0.2) is 85.2 Å². The second-order valence-electron chi connectivity index (χ2n) is 8.51. The number of benzene rings is 3. The summed E-state index contributed by atoms with van der Waals surface area (Å²) in [6, 6.07) is 23.2. The summed E-state index contributed by atoms with van der Waals surface area (Å²) in [6.45, 7) is 0.381. The van der Waals surface area contributed by atoms with Crippen LogP contribution in [0.3, 0.4) is 0 Å². The van der Waals surface area contributed by atoms with Crippen LogP contribution >= 0.6 is 0 Å². The molecule has 0 unspecified atom stereocenters. The molecule has 0 aliphatic heterocycles. The number of para-hydroxylation sites is 1. The molecule has 9 heteroatoms. The number of carbonyl (C=O) groups is 1. The molecule has 182 valence electrons. The maximum absolute atomic E-state index is 13.9. The number of hydrogen-bond donors (Lipinski definition) is 0. The minimum Gasteiger partial charge on any atom is -0.325 e. The Labute approximate surface area is 211 Å². The van der Waals surface area contributed by atoms with Crippen molar-refractivity contribution in [2.75, 3.05) is 0 Å². The van der Waals surface area contributed by atoms with E-state index in [0.29, 0.717) is 29.0 Å². The molecule has 5 aromatic rings. The number of aromatic nitrogens is 4. The Hall–Kier alpha value is -4.97. The summed E-state index contributed by atoms with van der Waals surface area (Å²) in [5.74, 6) is -1.39. The van der Waals surface area contributed by atoms with Crippen molar-refractivity contribution < 1.29 is 13.6 Å².